The van der Waals surface area contributed by atoms with Gasteiger partial charge >= 0.3 is 11.8 Å². The van der Waals surface area contributed by atoms with E-state index in [0.29, 0.717) is 10.7 Å². The molecule has 6 heteroatoms. The van der Waals surface area contributed by atoms with Crippen molar-refractivity contribution in [1.82, 2.24) is 5.43 Å². The summed E-state index contributed by atoms with van der Waals surface area (Å²) in [5.74, 6) is -1.68. The zero-order valence-corrected chi connectivity index (χ0v) is 14.7. The summed E-state index contributed by atoms with van der Waals surface area (Å²) >= 11 is 6.00. The van der Waals surface area contributed by atoms with Gasteiger partial charge in [-0.2, -0.15) is 5.10 Å². The van der Waals surface area contributed by atoms with Crippen LogP contribution in [0.5, 0.6) is 0 Å². The van der Waals surface area contributed by atoms with Crippen molar-refractivity contribution in [2.45, 2.75) is 6.92 Å². The molecule has 0 aliphatic heterocycles. The fraction of sp³-hybridized carbons (Fsp3) is 0.0500. The number of hydrogen-bond acceptors (Lipinski definition) is 3. The van der Waals surface area contributed by atoms with Crippen LogP contribution >= 0.6 is 11.6 Å². The lowest BCUT2D eigenvalue weighted by atomic mass is 10.1. The molecule has 0 spiro atoms. The van der Waals surface area contributed by atoms with E-state index in [9.17, 15) is 9.59 Å². The Morgan fingerprint density at radius 3 is 2.58 bits per heavy atom. The molecule has 0 fully saturated rings. The van der Waals surface area contributed by atoms with Crippen LogP contribution in [0.25, 0.3) is 10.8 Å². The molecule has 3 rings (SSSR count). The first kappa shape index (κ1) is 17.6. The third-order valence-electron chi connectivity index (χ3n) is 3.83. The Labute approximate surface area is 155 Å². The lowest BCUT2D eigenvalue weighted by Crippen LogP contribution is -2.32. The Kier molecular flexibility index (Phi) is 5.29. The second kappa shape index (κ2) is 7.80. The standard InChI is InChI=1S/C20H16ClN3O2/c1-13-9-10-16(11-18(13)21)23-19(25)20(26)24-22-12-15-7-4-6-14-5-2-3-8-17(14)15/h2-12H,1H3,(H,23,25)(H,24,26)/b22-12+. The first-order chi connectivity index (χ1) is 12.5. The van der Waals surface area contributed by atoms with E-state index in [1.54, 1.807) is 18.2 Å². The number of rotatable bonds is 3. The smallest absolute Gasteiger partial charge is 0.318 e. The van der Waals surface area contributed by atoms with E-state index in [-0.39, 0.29) is 0 Å². The van der Waals surface area contributed by atoms with Crippen molar-refractivity contribution in [3.63, 3.8) is 0 Å². The van der Waals surface area contributed by atoms with Crippen molar-refractivity contribution in [3.05, 3.63) is 76.8 Å². The van der Waals surface area contributed by atoms with Gasteiger partial charge in [-0.15, -0.1) is 0 Å². The molecule has 5 nitrogen and oxygen atoms in total. The van der Waals surface area contributed by atoms with Crippen LogP contribution in [0.1, 0.15) is 11.1 Å². The summed E-state index contributed by atoms with van der Waals surface area (Å²) in [7, 11) is 0. The number of amides is 2. The molecule has 130 valence electrons. The van der Waals surface area contributed by atoms with Crippen molar-refractivity contribution in [3.8, 4) is 0 Å². The highest BCUT2D eigenvalue weighted by atomic mass is 35.5. The van der Waals surface area contributed by atoms with E-state index in [2.05, 4.69) is 15.8 Å². The number of hydrogen-bond donors (Lipinski definition) is 2. The average Bonchev–Trinajstić information content (AvgIpc) is 2.65. The van der Waals surface area contributed by atoms with Crippen molar-refractivity contribution < 1.29 is 9.59 Å². The SMILES string of the molecule is Cc1ccc(NC(=O)C(=O)N/N=C/c2cccc3ccccc23)cc1Cl. The monoisotopic (exact) mass is 365 g/mol. The fourth-order valence-corrected chi connectivity index (χ4v) is 2.61. The molecule has 0 aliphatic carbocycles. The minimum Gasteiger partial charge on any atom is -0.318 e. The molecular weight excluding hydrogens is 350 g/mol. The fourth-order valence-electron chi connectivity index (χ4n) is 2.43. The molecule has 0 bridgehead atoms. The Morgan fingerprint density at radius 1 is 1.00 bits per heavy atom. The van der Waals surface area contributed by atoms with E-state index in [1.165, 1.54) is 6.21 Å². The van der Waals surface area contributed by atoms with Gasteiger partial charge in [0.05, 0.1) is 6.21 Å². The Balaban J connectivity index is 1.65. The second-order valence-electron chi connectivity index (χ2n) is 5.69. The van der Waals surface area contributed by atoms with E-state index in [0.717, 1.165) is 21.9 Å². The topological polar surface area (TPSA) is 70.6 Å². The number of nitrogens with one attached hydrogen (secondary N) is 2. The first-order valence-electron chi connectivity index (χ1n) is 7.93. The van der Waals surface area contributed by atoms with Crippen molar-refractivity contribution in [2.24, 2.45) is 5.10 Å². The van der Waals surface area contributed by atoms with Crippen LogP contribution in [0.2, 0.25) is 5.02 Å². The van der Waals surface area contributed by atoms with Crippen molar-refractivity contribution >= 4 is 46.1 Å². The highest BCUT2D eigenvalue weighted by Gasteiger charge is 2.13. The quantitative estimate of drug-likeness (QED) is 0.420. The van der Waals surface area contributed by atoms with Gasteiger partial charge in [0.2, 0.25) is 0 Å². The summed E-state index contributed by atoms with van der Waals surface area (Å²) in [6.45, 7) is 1.85. The van der Waals surface area contributed by atoms with Crippen LogP contribution in [0.15, 0.2) is 65.8 Å². The van der Waals surface area contributed by atoms with Crippen LogP contribution < -0.4 is 10.7 Å². The highest BCUT2D eigenvalue weighted by Crippen LogP contribution is 2.20. The van der Waals surface area contributed by atoms with Gasteiger partial charge in [-0.3, -0.25) is 9.59 Å². The number of aryl methyl sites for hydroxylation is 1. The maximum Gasteiger partial charge on any atom is 0.329 e. The largest absolute Gasteiger partial charge is 0.329 e. The zero-order valence-electron chi connectivity index (χ0n) is 14.0. The Morgan fingerprint density at radius 2 is 1.77 bits per heavy atom. The number of nitrogens with zero attached hydrogens (tertiary/aromatic N) is 1. The lowest BCUT2D eigenvalue weighted by Gasteiger charge is -2.06. The number of carbonyl (C=O) groups is 2. The summed E-state index contributed by atoms with van der Waals surface area (Å²) < 4.78 is 0. The van der Waals surface area contributed by atoms with E-state index in [4.69, 9.17) is 11.6 Å². The molecule has 0 aromatic heterocycles. The van der Waals surface area contributed by atoms with Crippen LogP contribution in [0.4, 0.5) is 5.69 Å². The van der Waals surface area contributed by atoms with Gasteiger partial charge in [-0.1, -0.05) is 60.1 Å². The van der Waals surface area contributed by atoms with Crippen molar-refractivity contribution in [2.75, 3.05) is 5.32 Å². The van der Waals surface area contributed by atoms with Gasteiger partial charge in [0.15, 0.2) is 0 Å². The number of halogens is 1. The minimum absolute atomic E-state index is 0.443. The predicted octanol–water partition coefficient (Wildman–Crippen LogP) is 3.89. The van der Waals surface area contributed by atoms with Crippen LogP contribution in [0, 0.1) is 6.92 Å². The lowest BCUT2D eigenvalue weighted by molar-refractivity contribution is -0.136. The molecule has 3 aromatic carbocycles. The molecule has 0 radical (unpaired) electrons. The molecule has 2 N–H and O–H groups in total. The van der Waals surface area contributed by atoms with Gasteiger partial charge in [0, 0.05) is 16.3 Å². The summed E-state index contributed by atoms with van der Waals surface area (Å²) in [6.07, 6.45) is 1.51. The summed E-state index contributed by atoms with van der Waals surface area (Å²) in [4.78, 5) is 23.8. The molecule has 0 saturated heterocycles. The van der Waals surface area contributed by atoms with Crippen LogP contribution in [-0.4, -0.2) is 18.0 Å². The van der Waals surface area contributed by atoms with Gasteiger partial charge in [-0.25, -0.2) is 5.43 Å². The van der Waals surface area contributed by atoms with Gasteiger partial charge in [0.25, 0.3) is 0 Å². The molecule has 26 heavy (non-hydrogen) atoms. The van der Waals surface area contributed by atoms with Crippen LogP contribution in [-0.2, 0) is 9.59 Å². The Bertz CT molecular complexity index is 1010. The molecule has 0 aliphatic rings. The van der Waals surface area contributed by atoms with Gasteiger partial charge < -0.3 is 5.32 Å². The average molecular weight is 366 g/mol. The summed E-state index contributed by atoms with van der Waals surface area (Å²) in [5, 5.41) is 8.94. The number of carbonyl (C=O) groups excluding carboxylic acids is 2. The molecular formula is C20H16ClN3O2. The van der Waals surface area contributed by atoms with E-state index < -0.39 is 11.8 Å². The first-order valence-corrected chi connectivity index (χ1v) is 8.31. The summed E-state index contributed by atoms with van der Waals surface area (Å²) in [5.41, 5.74) is 4.40. The number of benzene rings is 3. The molecule has 3 aromatic rings. The number of fused-ring (bicyclic) bond motifs is 1. The maximum atomic E-state index is 11.9. The molecule has 0 saturated carbocycles. The highest BCUT2D eigenvalue weighted by molar-refractivity contribution is 6.39. The minimum atomic E-state index is -0.863. The molecule has 0 heterocycles. The van der Waals surface area contributed by atoms with E-state index in [1.807, 2.05) is 49.4 Å². The van der Waals surface area contributed by atoms with Gasteiger partial charge in [-0.05, 0) is 35.4 Å². The Hall–Kier alpha value is -3.18. The zero-order chi connectivity index (χ0) is 18.5. The predicted molar refractivity (Wildman–Crippen MR) is 105 cm³/mol. The molecule has 2 amide bonds. The van der Waals surface area contributed by atoms with E-state index >= 15 is 0 Å². The third-order valence-corrected chi connectivity index (χ3v) is 4.24. The van der Waals surface area contributed by atoms with Gasteiger partial charge in [0.1, 0.15) is 0 Å². The summed E-state index contributed by atoms with van der Waals surface area (Å²) in [6, 6.07) is 18.6. The maximum absolute atomic E-state index is 11.9. The van der Waals surface area contributed by atoms with Crippen LogP contribution in [0.3, 0.4) is 0 Å². The van der Waals surface area contributed by atoms with Crippen molar-refractivity contribution in [1.29, 1.82) is 0 Å². The molecule has 0 unspecified atom stereocenters. The second-order valence-corrected chi connectivity index (χ2v) is 6.09. The molecule has 0 atom stereocenters. The normalized spacial score (nSPS) is 10.8. The third kappa shape index (κ3) is 4.07. The number of hydrazone groups is 1. The number of anilines is 1.